The van der Waals surface area contributed by atoms with Gasteiger partial charge in [0.25, 0.3) is 0 Å². The molecule has 0 amide bonds. The number of piperidine rings is 4. The summed E-state index contributed by atoms with van der Waals surface area (Å²) in [6.07, 6.45) is 8.90. The van der Waals surface area contributed by atoms with Crippen LogP contribution in [0.2, 0.25) is 0 Å². The van der Waals surface area contributed by atoms with Crippen LogP contribution in [0.25, 0.3) is 21.3 Å². The van der Waals surface area contributed by atoms with Gasteiger partial charge in [0.15, 0.2) is 0 Å². The zero-order valence-electron chi connectivity index (χ0n) is 41.7. The maximum absolute atomic E-state index is 12.7. The van der Waals surface area contributed by atoms with E-state index in [-0.39, 0.29) is 69.7 Å². The van der Waals surface area contributed by atoms with Crippen molar-refractivity contribution in [2.45, 2.75) is 171 Å². The second-order valence-corrected chi connectivity index (χ2v) is 24.9. The number of hydrogen-bond donors (Lipinski definition) is 0. The summed E-state index contributed by atoms with van der Waals surface area (Å²) in [6, 6.07) is -0.745. The van der Waals surface area contributed by atoms with Crippen LogP contribution < -0.4 is 0 Å². The third-order valence-corrected chi connectivity index (χ3v) is 13.3. The molecule has 0 saturated carbocycles. The standard InChI is InChI=1S/2C19H29N.C12H16F6N2.F6P.Ir/c2*1-18(2,3)15-9-7-14(8-10-15)17-13-16(11-12-20-17)19(4,5)6;13-11(14,15)7-1-3-19-9(5-7)10-6-8(2-4-20-10)12(16,17)18;1-7(2,3,4,5)6;/h2*7,9-10,16-17H,11-13H2,1-6H3;7-10H,1-6H2;;/q3*-2;-1;. The van der Waals surface area contributed by atoms with Gasteiger partial charge in [-0.25, -0.2) is 0 Å². The molecule has 8 unspecified atom stereocenters. The quantitative estimate of drug-likeness (QED) is 0.117. The smallest absolute Gasteiger partial charge is 0 e. The monoisotopic (exact) mass is 1180 g/mol. The zero-order chi connectivity index (χ0) is 51.3. The Bertz CT molecular complexity index is 1690. The Hall–Kier alpha value is -1.66. The first-order chi connectivity index (χ1) is 30.0. The first-order valence-corrected chi connectivity index (χ1v) is 25.4. The largest absolute Gasteiger partial charge is 0 e. The fraction of sp³-hybridized carbons (Fsp3) is 0.760. The van der Waals surface area contributed by atoms with E-state index < -0.39 is 44.1 Å². The van der Waals surface area contributed by atoms with Gasteiger partial charge in [0, 0.05) is 20.1 Å². The van der Waals surface area contributed by atoms with Crippen molar-refractivity contribution in [1.82, 2.24) is 0 Å². The van der Waals surface area contributed by atoms with Gasteiger partial charge in [-0.1, -0.05) is 145 Å². The summed E-state index contributed by atoms with van der Waals surface area (Å²) in [6.45, 7) is 29.7. The van der Waals surface area contributed by atoms with Crippen molar-refractivity contribution in [3.63, 3.8) is 0 Å². The summed E-state index contributed by atoms with van der Waals surface area (Å²) in [4.78, 5) is 0. The summed E-state index contributed by atoms with van der Waals surface area (Å²) in [7, 11) is -10.7. The van der Waals surface area contributed by atoms with E-state index >= 15 is 0 Å². The van der Waals surface area contributed by atoms with Crippen molar-refractivity contribution in [2.24, 2.45) is 45.3 Å². The molecule has 0 aromatic rings. The molecule has 0 aromatic carbocycles. The first kappa shape index (κ1) is 62.5. The predicted octanol–water partition coefficient (Wildman–Crippen LogP) is 18.7. The van der Waals surface area contributed by atoms with Crippen LogP contribution in [0, 0.1) is 57.2 Å². The second kappa shape index (κ2) is 22.6. The molecule has 8 atom stereocenters. The van der Waals surface area contributed by atoms with E-state index in [1.165, 1.54) is 48.7 Å². The molecule has 1 radical (unpaired) electrons. The summed E-state index contributed by atoms with van der Waals surface area (Å²) < 4.78 is 135. The molecular weight excluding hydrogens is 1110 g/mol. The van der Waals surface area contributed by atoms with E-state index in [1.807, 2.05) is 0 Å². The van der Waals surface area contributed by atoms with Crippen molar-refractivity contribution in [3.05, 3.63) is 92.2 Å². The van der Waals surface area contributed by atoms with Crippen LogP contribution in [-0.2, 0) is 20.1 Å². The molecule has 2 aliphatic carbocycles. The van der Waals surface area contributed by atoms with E-state index in [0.29, 0.717) is 22.9 Å². The van der Waals surface area contributed by atoms with Gasteiger partial charge in [-0.3, -0.25) is 11.5 Å². The van der Waals surface area contributed by atoms with Gasteiger partial charge in [-0.05, 0) is 22.7 Å². The Morgan fingerprint density at radius 3 is 0.985 bits per heavy atom. The van der Waals surface area contributed by atoms with Crippen molar-refractivity contribution >= 4 is 7.81 Å². The molecule has 4 fully saturated rings. The van der Waals surface area contributed by atoms with E-state index in [0.717, 1.165) is 24.9 Å². The predicted molar refractivity (Wildman–Crippen MR) is 250 cm³/mol. The third-order valence-electron chi connectivity index (χ3n) is 13.3. The Morgan fingerprint density at radius 2 is 0.750 bits per heavy atom. The van der Waals surface area contributed by atoms with Crippen LogP contribution >= 0.6 is 7.81 Å². The van der Waals surface area contributed by atoms with Gasteiger partial charge >= 0.3 is 45.3 Å². The van der Waals surface area contributed by atoms with Gasteiger partial charge in [0.1, 0.15) is 0 Å². The molecule has 4 saturated heterocycles. The van der Waals surface area contributed by atoms with Gasteiger partial charge in [0.2, 0.25) is 0 Å². The number of allylic oxidation sites excluding steroid dienone is 2. The molecule has 6 rings (SSSR count). The molecule has 0 spiro atoms. The zero-order valence-corrected chi connectivity index (χ0v) is 45.0. The Balaban J connectivity index is 0.000000324. The molecule has 6 aliphatic rings. The normalized spacial score (nSPS) is 29.5. The minimum Gasteiger partial charge on any atom is 0 e. The minimum atomic E-state index is -10.7. The summed E-state index contributed by atoms with van der Waals surface area (Å²) >= 11 is 0. The van der Waals surface area contributed by atoms with Crippen molar-refractivity contribution in [3.8, 4) is 0 Å². The maximum Gasteiger partial charge on any atom is 0 e. The molecule has 4 nitrogen and oxygen atoms in total. The molecule has 0 aromatic heterocycles. The Kier molecular flexibility index (Phi) is 20.8. The number of halogens is 12. The average Bonchev–Trinajstić information content (AvgIpc) is 3.19. The molecule has 0 N–H and O–H groups in total. The molecule has 0 bridgehead atoms. The Labute approximate surface area is 412 Å². The van der Waals surface area contributed by atoms with Crippen molar-refractivity contribution in [1.29, 1.82) is 0 Å². The average molecular weight is 1180 g/mol. The first-order valence-electron chi connectivity index (χ1n) is 23.4. The van der Waals surface area contributed by atoms with Crippen LogP contribution in [0.4, 0.5) is 51.5 Å². The number of hydrogen-bond acceptors (Lipinski definition) is 0. The third kappa shape index (κ3) is 22.8. The van der Waals surface area contributed by atoms with Crippen LogP contribution in [0.15, 0.2) is 59.1 Å². The van der Waals surface area contributed by atoms with Gasteiger partial charge in [-0.15, -0.1) is 73.4 Å². The molecule has 18 heteroatoms. The van der Waals surface area contributed by atoms with Crippen LogP contribution in [0.5, 0.6) is 0 Å². The van der Waals surface area contributed by atoms with Crippen molar-refractivity contribution < 1.29 is 71.6 Å². The van der Waals surface area contributed by atoms with Crippen molar-refractivity contribution in [2.75, 3.05) is 26.2 Å². The number of nitrogens with zero attached hydrogens (tertiary/aromatic N) is 4. The topological polar surface area (TPSA) is 56.4 Å². The second-order valence-electron chi connectivity index (χ2n) is 23.0. The van der Waals surface area contributed by atoms with Crippen LogP contribution in [0.1, 0.15) is 134 Å². The minimum absolute atomic E-state index is 0. The SMILES string of the molecule is CC(C)(C)[C-]1C=C=C(C2CC(C(C)(C)C)CC[N-]2)C=C1.CC(C)(C)[C-]1C=C=C(C2CC(C(C)(C)C)CC[N-]2)C=C1.FC(F)(F)C1CC[N-]C(C2CC(C(F)(F)F)CC[N-]2)C1.F[P-](F)(F)(F)(F)F.[Ir]. The number of alkyl halides is 6. The number of rotatable bonds is 3. The van der Waals surface area contributed by atoms with E-state index in [2.05, 4.69) is 142 Å². The summed E-state index contributed by atoms with van der Waals surface area (Å²) in [5, 5.41) is 17.8. The summed E-state index contributed by atoms with van der Waals surface area (Å²) in [5.74, 6) is 1.30. The molecule has 399 valence electrons. The fourth-order valence-corrected chi connectivity index (χ4v) is 8.85. The van der Waals surface area contributed by atoms with Gasteiger partial charge < -0.3 is 21.3 Å². The molecule has 4 heterocycles. The van der Waals surface area contributed by atoms with E-state index in [9.17, 15) is 51.5 Å². The fourth-order valence-electron chi connectivity index (χ4n) is 8.85. The van der Waals surface area contributed by atoms with E-state index in [1.54, 1.807) is 0 Å². The van der Waals surface area contributed by atoms with Gasteiger partial charge in [0.05, 0.1) is 11.8 Å². The van der Waals surface area contributed by atoms with Crippen LogP contribution in [0.3, 0.4) is 0 Å². The van der Waals surface area contributed by atoms with E-state index in [4.69, 9.17) is 10.6 Å². The maximum atomic E-state index is 12.7. The summed E-state index contributed by atoms with van der Waals surface area (Å²) in [5.41, 5.74) is 10.7. The Morgan fingerprint density at radius 1 is 0.471 bits per heavy atom. The molecular formula is C50H74F12IrN4P-7. The van der Waals surface area contributed by atoms with Crippen LogP contribution in [-0.4, -0.2) is 62.7 Å². The van der Waals surface area contributed by atoms with Gasteiger partial charge in [-0.2, -0.15) is 62.7 Å². The molecule has 68 heavy (non-hydrogen) atoms. The molecule has 4 aliphatic heterocycles.